The second-order valence-corrected chi connectivity index (χ2v) is 4.42. The zero-order valence-corrected chi connectivity index (χ0v) is 10.0. The predicted octanol–water partition coefficient (Wildman–Crippen LogP) is 1.37. The topological polar surface area (TPSA) is 87.0 Å². The molecule has 0 bridgehead atoms. The third-order valence-corrected chi connectivity index (χ3v) is 2.67. The molecule has 94 valence electrons. The number of aliphatic hydroxyl groups excluding tert-OH is 1. The van der Waals surface area contributed by atoms with Gasteiger partial charge in [0.15, 0.2) is 0 Å². The molecular formula is C12H16O5. The van der Waals surface area contributed by atoms with Crippen molar-refractivity contribution in [2.75, 3.05) is 13.7 Å². The van der Waals surface area contributed by atoms with Gasteiger partial charge in [-0.25, -0.2) is 4.79 Å². The van der Waals surface area contributed by atoms with Crippen LogP contribution in [0.1, 0.15) is 29.8 Å². The van der Waals surface area contributed by atoms with E-state index in [-0.39, 0.29) is 23.7 Å². The number of aromatic hydroxyl groups is 1. The van der Waals surface area contributed by atoms with E-state index in [1.54, 1.807) is 13.8 Å². The van der Waals surface area contributed by atoms with E-state index in [2.05, 4.69) is 0 Å². The summed E-state index contributed by atoms with van der Waals surface area (Å²) < 4.78 is 4.89. The molecule has 0 radical (unpaired) electrons. The molecule has 0 aromatic heterocycles. The molecule has 1 aromatic carbocycles. The second-order valence-electron chi connectivity index (χ2n) is 4.42. The molecule has 0 fully saturated rings. The molecule has 17 heavy (non-hydrogen) atoms. The van der Waals surface area contributed by atoms with Crippen LogP contribution in [0.4, 0.5) is 0 Å². The Morgan fingerprint density at radius 2 is 2.00 bits per heavy atom. The summed E-state index contributed by atoms with van der Waals surface area (Å²) >= 11 is 0. The van der Waals surface area contributed by atoms with Crippen molar-refractivity contribution in [2.24, 2.45) is 0 Å². The molecule has 5 nitrogen and oxygen atoms in total. The van der Waals surface area contributed by atoms with Gasteiger partial charge in [-0.15, -0.1) is 0 Å². The molecule has 0 spiro atoms. The van der Waals surface area contributed by atoms with Gasteiger partial charge in [0, 0.05) is 17.0 Å². The molecule has 0 aliphatic rings. The summed E-state index contributed by atoms with van der Waals surface area (Å²) in [7, 11) is 1.33. The van der Waals surface area contributed by atoms with Gasteiger partial charge in [0.2, 0.25) is 0 Å². The van der Waals surface area contributed by atoms with Gasteiger partial charge in [-0.05, 0) is 6.07 Å². The van der Waals surface area contributed by atoms with E-state index in [1.807, 2.05) is 0 Å². The summed E-state index contributed by atoms with van der Waals surface area (Å²) in [5, 5.41) is 28.1. The zero-order valence-electron chi connectivity index (χ0n) is 10.0. The SMILES string of the molecule is COc1cc(O)c(C(C)(C)CO)cc1C(=O)O. The fraction of sp³-hybridized carbons (Fsp3) is 0.417. The van der Waals surface area contributed by atoms with E-state index in [4.69, 9.17) is 9.84 Å². The number of phenols is 1. The van der Waals surface area contributed by atoms with Crippen molar-refractivity contribution in [3.8, 4) is 11.5 Å². The largest absolute Gasteiger partial charge is 0.508 e. The molecule has 0 amide bonds. The molecule has 1 rings (SSSR count). The number of aromatic carboxylic acids is 1. The maximum absolute atomic E-state index is 11.0. The van der Waals surface area contributed by atoms with Gasteiger partial charge in [0.05, 0.1) is 13.7 Å². The van der Waals surface area contributed by atoms with Crippen LogP contribution in [0.25, 0.3) is 0 Å². The van der Waals surface area contributed by atoms with E-state index >= 15 is 0 Å². The Morgan fingerprint density at radius 1 is 1.41 bits per heavy atom. The third kappa shape index (κ3) is 2.50. The molecule has 0 saturated heterocycles. The summed E-state index contributed by atoms with van der Waals surface area (Å²) in [6.07, 6.45) is 0. The maximum atomic E-state index is 11.0. The van der Waals surface area contributed by atoms with E-state index in [0.717, 1.165) is 0 Å². The van der Waals surface area contributed by atoms with Gasteiger partial charge in [-0.2, -0.15) is 0 Å². The van der Waals surface area contributed by atoms with Gasteiger partial charge in [0.25, 0.3) is 0 Å². The molecule has 0 unspecified atom stereocenters. The standard InChI is InChI=1S/C12H16O5/c1-12(2,6-13)8-4-7(11(15)16)10(17-3)5-9(8)14/h4-5,13-14H,6H2,1-3H3,(H,15,16). The number of hydrogen-bond acceptors (Lipinski definition) is 4. The zero-order chi connectivity index (χ0) is 13.2. The minimum absolute atomic E-state index is 0.0400. The minimum Gasteiger partial charge on any atom is -0.508 e. The number of benzene rings is 1. The number of methoxy groups -OCH3 is 1. The number of aliphatic hydroxyl groups is 1. The van der Waals surface area contributed by atoms with Crippen molar-refractivity contribution >= 4 is 5.97 Å². The first-order chi connectivity index (χ1) is 7.83. The van der Waals surface area contributed by atoms with Crippen LogP contribution >= 0.6 is 0 Å². The van der Waals surface area contributed by atoms with Gasteiger partial charge >= 0.3 is 5.97 Å². The van der Waals surface area contributed by atoms with Crippen molar-refractivity contribution < 1.29 is 24.9 Å². The van der Waals surface area contributed by atoms with Crippen LogP contribution in [0, 0.1) is 0 Å². The van der Waals surface area contributed by atoms with Crippen LogP contribution < -0.4 is 4.74 Å². The Labute approximate surface area is 99.3 Å². The van der Waals surface area contributed by atoms with Crippen LogP contribution in [-0.4, -0.2) is 35.0 Å². The Hall–Kier alpha value is -1.75. The summed E-state index contributed by atoms with van der Waals surface area (Å²) in [5.74, 6) is -1.14. The van der Waals surface area contributed by atoms with Crippen molar-refractivity contribution in [1.82, 2.24) is 0 Å². The molecule has 0 aliphatic carbocycles. The number of carbonyl (C=O) groups is 1. The van der Waals surface area contributed by atoms with E-state index in [9.17, 15) is 15.0 Å². The number of rotatable bonds is 4. The van der Waals surface area contributed by atoms with Gasteiger partial charge < -0.3 is 20.1 Å². The number of carboxylic acid groups (broad SMARTS) is 1. The van der Waals surface area contributed by atoms with Gasteiger partial charge in [-0.3, -0.25) is 0 Å². The minimum atomic E-state index is -1.14. The second kappa shape index (κ2) is 4.63. The monoisotopic (exact) mass is 240 g/mol. The van der Waals surface area contributed by atoms with Crippen LogP contribution in [-0.2, 0) is 5.41 Å². The normalized spacial score (nSPS) is 11.3. The first kappa shape index (κ1) is 13.3. The highest BCUT2D eigenvalue weighted by Gasteiger charge is 2.26. The maximum Gasteiger partial charge on any atom is 0.339 e. The highest BCUT2D eigenvalue weighted by atomic mass is 16.5. The fourth-order valence-corrected chi connectivity index (χ4v) is 1.53. The molecule has 0 saturated carbocycles. The third-order valence-electron chi connectivity index (χ3n) is 2.67. The fourth-order valence-electron chi connectivity index (χ4n) is 1.53. The summed E-state index contributed by atoms with van der Waals surface area (Å²) in [5.41, 5.74) is -0.388. The van der Waals surface area contributed by atoms with Crippen molar-refractivity contribution in [2.45, 2.75) is 19.3 Å². The van der Waals surface area contributed by atoms with Crippen LogP contribution in [0.2, 0.25) is 0 Å². The molecule has 0 aliphatic heterocycles. The number of hydrogen-bond donors (Lipinski definition) is 3. The molecule has 5 heteroatoms. The van der Waals surface area contributed by atoms with Crippen LogP contribution in [0.5, 0.6) is 11.5 Å². The molecule has 0 atom stereocenters. The molecule has 1 aromatic rings. The number of carboxylic acids is 1. The highest BCUT2D eigenvalue weighted by molar-refractivity contribution is 5.91. The van der Waals surface area contributed by atoms with E-state index in [0.29, 0.717) is 5.56 Å². The Kier molecular flexibility index (Phi) is 3.63. The summed E-state index contributed by atoms with van der Waals surface area (Å²) in [6, 6.07) is 2.57. The first-order valence-electron chi connectivity index (χ1n) is 5.09. The van der Waals surface area contributed by atoms with Crippen LogP contribution in [0.15, 0.2) is 12.1 Å². The quantitative estimate of drug-likeness (QED) is 0.739. The van der Waals surface area contributed by atoms with Crippen molar-refractivity contribution in [3.63, 3.8) is 0 Å². The van der Waals surface area contributed by atoms with Gasteiger partial charge in [-0.1, -0.05) is 13.8 Å². The predicted molar refractivity (Wildman–Crippen MR) is 61.7 cm³/mol. The summed E-state index contributed by atoms with van der Waals surface area (Å²) in [4.78, 5) is 11.0. The lowest BCUT2D eigenvalue weighted by molar-refractivity contribution is 0.0693. The Balaban J connectivity index is 3.45. The average molecular weight is 240 g/mol. The van der Waals surface area contributed by atoms with Crippen molar-refractivity contribution in [3.05, 3.63) is 23.3 Å². The molecular weight excluding hydrogens is 224 g/mol. The van der Waals surface area contributed by atoms with E-state index in [1.165, 1.54) is 19.2 Å². The first-order valence-corrected chi connectivity index (χ1v) is 5.09. The molecule has 3 N–H and O–H groups in total. The summed E-state index contributed by atoms with van der Waals surface area (Å²) in [6.45, 7) is 3.21. The van der Waals surface area contributed by atoms with E-state index < -0.39 is 11.4 Å². The van der Waals surface area contributed by atoms with Crippen LogP contribution in [0.3, 0.4) is 0 Å². The lowest BCUT2D eigenvalue weighted by atomic mass is 9.84. The number of phenolic OH excluding ortho intramolecular Hbond substituents is 1. The average Bonchev–Trinajstić information content (AvgIpc) is 2.27. The lowest BCUT2D eigenvalue weighted by Crippen LogP contribution is -2.22. The lowest BCUT2D eigenvalue weighted by Gasteiger charge is -2.24. The van der Waals surface area contributed by atoms with Crippen molar-refractivity contribution in [1.29, 1.82) is 0 Å². The highest BCUT2D eigenvalue weighted by Crippen LogP contribution is 2.35. The Bertz CT molecular complexity index is 437. The number of ether oxygens (including phenoxy) is 1. The smallest absolute Gasteiger partial charge is 0.339 e. The Morgan fingerprint density at radius 3 is 2.41 bits per heavy atom. The molecule has 0 heterocycles. The van der Waals surface area contributed by atoms with Gasteiger partial charge in [0.1, 0.15) is 17.1 Å².